The Balaban J connectivity index is 1.55. The minimum atomic E-state index is -0.0430. The molecule has 1 amide bonds. The molecular formula is C13H19N5O. The van der Waals surface area contributed by atoms with E-state index in [1.165, 1.54) is 31.8 Å². The fraction of sp³-hybridized carbons (Fsp3) is 0.615. The molecule has 0 aromatic carbocycles. The van der Waals surface area contributed by atoms with E-state index < -0.39 is 0 Å². The Morgan fingerprint density at radius 1 is 1.21 bits per heavy atom. The molecule has 6 heteroatoms. The number of rotatable bonds is 3. The van der Waals surface area contributed by atoms with Crippen LogP contribution in [0.3, 0.4) is 0 Å². The molecule has 2 aliphatic rings. The van der Waals surface area contributed by atoms with Crippen LogP contribution in [-0.2, 0) is 0 Å². The van der Waals surface area contributed by atoms with Gasteiger partial charge in [0.15, 0.2) is 0 Å². The molecule has 1 saturated carbocycles. The fourth-order valence-electron chi connectivity index (χ4n) is 2.41. The van der Waals surface area contributed by atoms with E-state index in [4.69, 9.17) is 5.73 Å². The molecule has 0 radical (unpaired) electrons. The molecule has 1 aliphatic carbocycles. The summed E-state index contributed by atoms with van der Waals surface area (Å²) in [6, 6.07) is 0. The smallest absolute Gasteiger partial charge is 0.274 e. The summed E-state index contributed by atoms with van der Waals surface area (Å²) < 4.78 is 0. The highest BCUT2D eigenvalue weighted by atomic mass is 16.2. The van der Waals surface area contributed by atoms with Gasteiger partial charge >= 0.3 is 0 Å². The van der Waals surface area contributed by atoms with Gasteiger partial charge in [-0.3, -0.25) is 9.69 Å². The first-order chi connectivity index (χ1) is 9.22. The van der Waals surface area contributed by atoms with Gasteiger partial charge < -0.3 is 10.6 Å². The van der Waals surface area contributed by atoms with Crippen LogP contribution in [0.5, 0.6) is 0 Å². The Hall–Kier alpha value is -1.69. The minimum Gasteiger partial charge on any atom is -0.382 e. The van der Waals surface area contributed by atoms with E-state index in [1.54, 1.807) is 0 Å². The number of nitrogen functional groups attached to an aromatic ring is 1. The first-order valence-corrected chi connectivity index (χ1v) is 6.81. The molecule has 1 aromatic heterocycles. The van der Waals surface area contributed by atoms with Crippen molar-refractivity contribution in [2.75, 3.05) is 38.5 Å². The normalized spacial score (nSPS) is 20.5. The molecule has 19 heavy (non-hydrogen) atoms. The Kier molecular flexibility index (Phi) is 3.33. The van der Waals surface area contributed by atoms with E-state index in [9.17, 15) is 4.79 Å². The van der Waals surface area contributed by atoms with Gasteiger partial charge in [0.1, 0.15) is 11.5 Å². The second-order valence-electron chi connectivity index (χ2n) is 5.36. The molecule has 0 atom stereocenters. The van der Waals surface area contributed by atoms with E-state index >= 15 is 0 Å². The van der Waals surface area contributed by atoms with Gasteiger partial charge in [-0.1, -0.05) is 0 Å². The number of carbonyl (C=O) groups is 1. The standard InChI is InChI=1S/C13H19N5O/c14-12-8-15-11(7-16-12)13(19)18-5-3-17(4-6-18)9-10-1-2-10/h7-8,10H,1-6,9H2,(H2,14,16). The van der Waals surface area contributed by atoms with Crippen molar-refractivity contribution in [2.45, 2.75) is 12.8 Å². The van der Waals surface area contributed by atoms with E-state index in [2.05, 4.69) is 14.9 Å². The molecule has 2 heterocycles. The molecule has 0 spiro atoms. The summed E-state index contributed by atoms with van der Waals surface area (Å²) in [4.78, 5) is 24.5. The number of piperazine rings is 1. The van der Waals surface area contributed by atoms with Crippen LogP contribution in [0.1, 0.15) is 23.3 Å². The quantitative estimate of drug-likeness (QED) is 0.843. The predicted octanol–water partition coefficient (Wildman–Crippen LogP) is 0.227. The molecule has 1 aromatic rings. The van der Waals surface area contributed by atoms with Gasteiger partial charge in [-0.2, -0.15) is 0 Å². The summed E-state index contributed by atoms with van der Waals surface area (Å²) in [5, 5.41) is 0. The lowest BCUT2D eigenvalue weighted by molar-refractivity contribution is 0.0626. The number of anilines is 1. The summed E-state index contributed by atoms with van der Waals surface area (Å²) in [5.41, 5.74) is 5.85. The average Bonchev–Trinajstić information content (AvgIpc) is 3.24. The largest absolute Gasteiger partial charge is 0.382 e. The summed E-state index contributed by atoms with van der Waals surface area (Å²) in [6.45, 7) is 4.67. The van der Waals surface area contributed by atoms with Crippen molar-refractivity contribution < 1.29 is 4.79 Å². The van der Waals surface area contributed by atoms with E-state index in [-0.39, 0.29) is 5.91 Å². The maximum atomic E-state index is 12.2. The van der Waals surface area contributed by atoms with Crippen molar-refractivity contribution >= 4 is 11.7 Å². The third kappa shape index (κ3) is 3.01. The summed E-state index contributed by atoms with van der Waals surface area (Å²) >= 11 is 0. The first kappa shape index (κ1) is 12.3. The fourth-order valence-corrected chi connectivity index (χ4v) is 2.41. The van der Waals surface area contributed by atoms with Crippen LogP contribution in [0.25, 0.3) is 0 Å². The molecule has 1 saturated heterocycles. The molecule has 1 aliphatic heterocycles. The van der Waals surface area contributed by atoms with Gasteiger partial charge in [-0.05, 0) is 18.8 Å². The maximum Gasteiger partial charge on any atom is 0.274 e. The van der Waals surface area contributed by atoms with Crippen LogP contribution in [0.2, 0.25) is 0 Å². The lowest BCUT2D eigenvalue weighted by Crippen LogP contribution is -2.49. The second kappa shape index (κ2) is 5.13. The highest BCUT2D eigenvalue weighted by Crippen LogP contribution is 2.29. The number of amides is 1. The lowest BCUT2D eigenvalue weighted by Gasteiger charge is -2.34. The molecule has 102 valence electrons. The number of aromatic nitrogens is 2. The van der Waals surface area contributed by atoms with E-state index in [0.717, 1.165) is 32.1 Å². The predicted molar refractivity (Wildman–Crippen MR) is 71.5 cm³/mol. The van der Waals surface area contributed by atoms with Gasteiger partial charge in [0.25, 0.3) is 5.91 Å². The van der Waals surface area contributed by atoms with Crippen LogP contribution in [0.15, 0.2) is 12.4 Å². The summed E-state index contributed by atoms with van der Waals surface area (Å²) in [7, 11) is 0. The average molecular weight is 261 g/mol. The molecular weight excluding hydrogens is 242 g/mol. The van der Waals surface area contributed by atoms with Crippen LogP contribution in [0, 0.1) is 5.92 Å². The Labute approximate surface area is 112 Å². The Morgan fingerprint density at radius 3 is 2.53 bits per heavy atom. The second-order valence-corrected chi connectivity index (χ2v) is 5.36. The zero-order chi connectivity index (χ0) is 13.2. The maximum absolute atomic E-state index is 12.2. The van der Waals surface area contributed by atoms with Crippen LogP contribution in [0.4, 0.5) is 5.82 Å². The monoisotopic (exact) mass is 261 g/mol. The third-order valence-electron chi connectivity index (χ3n) is 3.76. The molecule has 0 bridgehead atoms. The molecule has 3 rings (SSSR count). The zero-order valence-corrected chi connectivity index (χ0v) is 11.0. The van der Waals surface area contributed by atoms with Crippen molar-refractivity contribution in [3.8, 4) is 0 Å². The van der Waals surface area contributed by atoms with Crippen molar-refractivity contribution in [3.63, 3.8) is 0 Å². The van der Waals surface area contributed by atoms with Crippen LogP contribution >= 0.6 is 0 Å². The highest BCUT2D eigenvalue weighted by molar-refractivity contribution is 5.92. The van der Waals surface area contributed by atoms with Crippen molar-refractivity contribution in [1.82, 2.24) is 19.8 Å². The van der Waals surface area contributed by atoms with Crippen molar-refractivity contribution in [3.05, 3.63) is 18.1 Å². The number of hydrogen-bond donors (Lipinski definition) is 1. The van der Waals surface area contributed by atoms with Crippen LogP contribution < -0.4 is 5.73 Å². The lowest BCUT2D eigenvalue weighted by atomic mass is 10.2. The topological polar surface area (TPSA) is 75.3 Å². The Bertz CT molecular complexity index is 449. The van der Waals surface area contributed by atoms with Gasteiger partial charge in [0.2, 0.25) is 0 Å². The number of carbonyl (C=O) groups excluding carboxylic acids is 1. The zero-order valence-electron chi connectivity index (χ0n) is 11.0. The first-order valence-electron chi connectivity index (χ1n) is 6.81. The van der Waals surface area contributed by atoms with Gasteiger partial charge in [-0.25, -0.2) is 9.97 Å². The summed E-state index contributed by atoms with van der Waals surface area (Å²) in [5.74, 6) is 1.20. The van der Waals surface area contributed by atoms with Gasteiger partial charge in [0.05, 0.1) is 12.4 Å². The number of hydrogen-bond acceptors (Lipinski definition) is 5. The molecule has 6 nitrogen and oxygen atoms in total. The molecule has 0 unspecified atom stereocenters. The van der Waals surface area contributed by atoms with Crippen LogP contribution in [-0.4, -0.2) is 58.4 Å². The van der Waals surface area contributed by atoms with E-state index in [0.29, 0.717) is 11.5 Å². The molecule has 2 fully saturated rings. The molecule has 2 N–H and O–H groups in total. The van der Waals surface area contributed by atoms with Crippen molar-refractivity contribution in [2.24, 2.45) is 5.92 Å². The minimum absolute atomic E-state index is 0.0430. The summed E-state index contributed by atoms with van der Waals surface area (Å²) in [6.07, 6.45) is 5.63. The van der Waals surface area contributed by atoms with E-state index in [1.807, 2.05) is 4.90 Å². The van der Waals surface area contributed by atoms with Gasteiger partial charge in [0, 0.05) is 32.7 Å². The SMILES string of the molecule is Nc1cnc(C(=O)N2CCN(CC3CC3)CC2)cn1. The third-order valence-corrected chi connectivity index (χ3v) is 3.76. The highest BCUT2D eigenvalue weighted by Gasteiger charge is 2.28. The Morgan fingerprint density at radius 2 is 1.95 bits per heavy atom. The number of nitrogens with zero attached hydrogens (tertiary/aromatic N) is 4. The van der Waals surface area contributed by atoms with Gasteiger partial charge in [-0.15, -0.1) is 0 Å². The van der Waals surface area contributed by atoms with Crippen molar-refractivity contribution in [1.29, 1.82) is 0 Å². The number of nitrogens with two attached hydrogens (primary N) is 1.